The summed E-state index contributed by atoms with van der Waals surface area (Å²) < 4.78 is 0. The number of rotatable bonds is 3. The lowest BCUT2D eigenvalue weighted by Gasteiger charge is -2.15. The average molecular weight is 221 g/mol. The molecule has 0 radical (unpaired) electrons. The summed E-state index contributed by atoms with van der Waals surface area (Å²) in [5.74, 6) is -1.74. The Labute approximate surface area is 90.2 Å². The highest BCUT2D eigenvalue weighted by Crippen LogP contribution is 2.17. The van der Waals surface area contributed by atoms with Gasteiger partial charge >= 0.3 is 0 Å². The van der Waals surface area contributed by atoms with Crippen molar-refractivity contribution in [2.24, 2.45) is 0 Å². The molecule has 1 aromatic carbocycles. The zero-order valence-corrected chi connectivity index (χ0v) is 8.12. The molecule has 0 aliphatic rings. The van der Waals surface area contributed by atoms with Crippen molar-refractivity contribution in [2.45, 2.75) is 12.2 Å². The lowest BCUT2D eigenvalue weighted by atomic mass is 10.2. The molecule has 1 aromatic heterocycles. The first-order chi connectivity index (χ1) is 7.59. The highest BCUT2D eigenvalue weighted by atomic mass is 16.4. The molecule has 6 heteroatoms. The number of carbonyl (C=O) groups is 1. The fourth-order valence-corrected chi connectivity index (χ4v) is 1.39. The van der Waals surface area contributed by atoms with Gasteiger partial charge in [-0.3, -0.25) is 0 Å². The molecule has 2 aromatic rings. The van der Waals surface area contributed by atoms with Crippen LogP contribution in [-0.4, -0.2) is 32.3 Å². The summed E-state index contributed by atoms with van der Waals surface area (Å²) in [6, 6.07) is 6.96. The lowest BCUT2D eigenvalue weighted by Crippen LogP contribution is -2.39. The quantitative estimate of drug-likeness (QED) is 0.597. The van der Waals surface area contributed by atoms with Crippen molar-refractivity contribution >= 4 is 17.0 Å². The zero-order valence-electron chi connectivity index (χ0n) is 8.12. The topological polar surface area (TPSA) is 109 Å². The minimum Gasteiger partial charge on any atom is -0.547 e. The van der Waals surface area contributed by atoms with E-state index in [4.69, 9.17) is 5.11 Å². The third-order valence-electron chi connectivity index (χ3n) is 2.23. The lowest BCUT2D eigenvalue weighted by molar-refractivity contribution is -0.318. The second-order valence-corrected chi connectivity index (χ2v) is 3.35. The number of imidazole rings is 1. The summed E-state index contributed by atoms with van der Waals surface area (Å²) in [4.78, 5) is 17.0. The van der Waals surface area contributed by atoms with Gasteiger partial charge in [0, 0.05) is 0 Å². The molecular weight excluding hydrogens is 212 g/mol. The summed E-state index contributed by atoms with van der Waals surface area (Å²) in [7, 11) is 0. The second-order valence-electron chi connectivity index (χ2n) is 3.35. The first kappa shape index (κ1) is 10.6. The van der Waals surface area contributed by atoms with Crippen LogP contribution < -0.4 is 5.11 Å². The van der Waals surface area contributed by atoms with E-state index in [1.54, 1.807) is 24.3 Å². The van der Waals surface area contributed by atoms with Crippen molar-refractivity contribution in [3.63, 3.8) is 0 Å². The number of H-pyrrole nitrogens is 1. The number of aliphatic hydroxyl groups is 2. The molecule has 0 unspecified atom stereocenters. The molecular formula is C10H9N2O4-. The molecule has 0 saturated heterocycles. The SMILES string of the molecule is O=C([O-])[C@H](O)[C@H](O)c1nc2ccccc2[nH]1. The van der Waals surface area contributed by atoms with Gasteiger partial charge in [-0.15, -0.1) is 0 Å². The van der Waals surface area contributed by atoms with Gasteiger partial charge in [-0.2, -0.15) is 0 Å². The summed E-state index contributed by atoms with van der Waals surface area (Å²) in [6.07, 6.45) is -3.63. The predicted molar refractivity (Wildman–Crippen MR) is 52.1 cm³/mol. The van der Waals surface area contributed by atoms with Crippen LogP contribution in [0.4, 0.5) is 0 Å². The largest absolute Gasteiger partial charge is 0.547 e. The van der Waals surface area contributed by atoms with Crippen molar-refractivity contribution in [1.82, 2.24) is 9.97 Å². The van der Waals surface area contributed by atoms with Gasteiger partial charge in [-0.1, -0.05) is 12.1 Å². The van der Waals surface area contributed by atoms with Gasteiger partial charge in [-0.05, 0) is 12.1 Å². The van der Waals surface area contributed by atoms with Gasteiger partial charge in [0.05, 0.1) is 17.0 Å². The third kappa shape index (κ3) is 1.75. The number of aromatic nitrogens is 2. The van der Waals surface area contributed by atoms with Crippen molar-refractivity contribution in [1.29, 1.82) is 0 Å². The van der Waals surface area contributed by atoms with E-state index in [2.05, 4.69) is 9.97 Å². The molecule has 0 bridgehead atoms. The maximum absolute atomic E-state index is 10.4. The predicted octanol–water partition coefficient (Wildman–Crippen LogP) is -1.29. The maximum Gasteiger partial charge on any atom is 0.143 e. The Morgan fingerprint density at radius 2 is 2.06 bits per heavy atom. The van der Waals surface area contributed by atoms with Gasteiger partial charge in [0.2, 0.25) is 0 Å². The molecule has 6 nitrogen and oxygen atoms in total. The van der Waals surface area contributed by atoms with E-state index >= 15 is 0 Å². The number of aliphatic hydroxyl groups excluding tert-OH is 2. The fraction of sp³-hybridized carbons (Fsp3) is 0.200. The van der Waals surface area contributed by atoms with Crippen LogP contribution in [0.1, 0.15) is 11.9 Å². The summed E-state index contributed by atoms with van der Waals surface area (Å²) in [5, 5.41) is 29.0. The number of nitrogens with one attached hydrogen (secondary N) is 1. The number of hydrogen-bond acceptors (Lipinski definition) is 5. The van der Waals surface area contributed by atoms with E-state index < -0.39 is 18.2 Å². The highest BCUT2D eigenvalue weighted by molar-refractivity contribution is 5.75. The molecule has 0 fully saturated rings. The highest BCUT2D eigenvalue weighted by Gasteiger charge is 2.22. The van der Waals surface area contributed by atoms with E-state index in [-0.39, 0.29) is 5.82 Å². The van der Waals surface area contributed by atoms with Crippen LogP contribution in [0, 0.1) is 0 Å². The van der Waals surface area contributed by atoms with Gasteiger partial charge in [0.15, 0.2) is 0 Å². The van der Waals surface area contributed by atoms with Crippen molar-refractivity contribution in [2.75, 3.05) is 0 Å². The number of nitrogens with zero attached hydrogens (tertiary/aromatic N) is 1. The maximum atomic E-state index is 10.4. The molecule has 3 N–H and O–H groups in total. The fourth-order valence-electron chi connectivity index (χ4n) is 1.39. The summed E-state index contributed by atoms with van der Waals surface area (Å²) in [6.45, 7) is 0. The zero-order chi connectivity index (χ0) is 11.7. The number of aromatic amines is 1. The Balaban J connectivity index is 2.36. The van der Waals surface area contributed by atoms with Crippen molar-refractivity contribution in [3.05, 3.63) is 30.1 Å². The Morgan fingerprint density at radius 1 is 1.38 bits per heavy atom. The van der Waals surface area contributed by atoms with Crippen LogP contribution in [0.5, 0.6) is 0 Å². The molecule has 2 rings (SSSR count). The van der Waals surface area contributed by atoms with E-state index in [9.17, 15) is 15.0 Å². The number of carboxylic acid groups (broad SMARTS) is 1. The number of hydrogen-bond donors (Lipinski definition) is 3. The molecule has 0 aliphatic heterocycles. The Bertz CT molecular complexity index is 489. The van der Waals surface area contributed by atoms with E-state index in [1.807, 2.05) is 0 Å². The number of carboxylic acids is 1. The van der Waals surface area contributed by atoms with Crippen LogP contribution in [-0.2, 0) is 4.79 Å². The van der Waals surface area contributed by atoms with Crippen LogP contribution in [0.3, 0.4) is 0 Å². The standard InChI is InChI=1S/C10H10N2O4/c13-7(8(14)10(15)16)9-11-5-3-1-2-4-6(5)12-9/h1-4,7-8,13-14H,(H,11,12)(H,15,16)/p-1/t7-,8+/m0/s1. The minimum absolute atomic E-state index is 0.00194. The average Bonchev–Trinajstić information content (AvgIpc) is 2.70. The Hall–Kier alpha value is -1.92. The van der Waals surface area contributed by atoms with E-state index in [0.717, 1.165) is 0 Å². The summed E-state index contributed by atoms with van der Waals surface area (Å²) >= 11 is 0. The van der Waals surface area contributed by atoms with Crippen LogP contribution in [0.2, 0.25) is 0 Å². The first-order valence-electron chi connectivity index (χ1n) is 4.61. The number of fused-ring (bicyclic) bond motifs is 1. The van der Waals surface area contributed by atoms with Gasteiger partial charge in [0.25, 0.3) is 0 Å². The molecule has 0 saturated carbocycles. The molecule has 0 amide bonds. The molecule has 1 heterocycles. The van der Waals surface area contributed by atoms with Crippen LogP contribution >= 0.6 is 0 Å². The number of para-hydroxylation sites is 2. The van der Waals surface area contributed by atoms with E-state index in [0.29, 0.717) is 11.0 Å². The van der Waals surface area contributed by atoms with Gasteiger partial charge in [-0.25, -0.2) is 4.98 Å². The van der Waals surface area contributed by atoms with Crippen molar-refractivity contribution in [3.8, 4) is 0 Å². The number of carbonyl (C=O) groups excluding carboxylic acids is 1. The Kier molecular flexibility index (Phi) is 2.59. The molecule has 16 heavy (non-hydrogen) atoms. The van der Waals surface area contributed by atoms with Gasteiger partial charge < -0.3 is 25.1 Å². The second kappa shape index (κ2) is 3.92. The van der Waals surface area contributed by atoms with Gasteiger partial charge in [0.1, 0.15) is 18.0 Å². The number of benzene rings is 1. The molecule has 0 spiro atoms. The normalized spacial score (nSPS) is 14.9. The minimum atomic E-state index is -2.00. The molecule has 2 atom stereocenters. The summed E-state index contributed by atoms with van der Waals surface area (Å²) in [5.41, 5.74) is 1.24. The smallest absolute Gasteiger partial charge is 0.143 e. The van der Waals surface area contributed by atoms with Crippen molar-refractivity contribution < 1.29 is 20.1 Å². The molecule has 84 valence electrons. The van der Waals surface area contributed by atoms with E-state index in [1.165, 1.54) is 0 Å². The number of aliphatic carboxylic acids is 1. The van der Waals surface area contributed by atoms with Crippen LogP contribution in [0.25, 0.3) is 11.0 Å². The first-order valence-corrected chi connectivity index (χ1v) is 4.61. The molecule has 0 aliphatic carbocycles. The third-order valence-corrected chi connectivity index (χ3v) is 2.23. The monoisotopic (exact) mass is 221 g/mol. The van der Waals surface area contributed by atoms with Crippen LogP contribution in [0.15, 0.2) is 24.3 Å². The Morgan fingerprint density at radius 3 is 2.69 bits per heavy atom.